The first-order chi connectivity index (χ1) is 7.11. The number of rotatable bonds is 6. The molecule has 0 aliphatic heterocycles. The summed E-state index contributed by atoms with van der Waals surface area (Å²) in [5.74, 6) is 1.07. The van der Waals surface area contributed by atoms with Crippen molar-refractivity contribution in [1.29, 1.82) is 0 Å². The average molecular weight is 214 g/mol. The van der Waals surface area contributed by atoms with Crippen LogP contribution in [-0.4, -0.2) is 31.9 Å². The van der Waals surface area contributed by atoms with E-state index in [1.54, 1.807) is 0 Å². The first-order valence-corrected chi connectivity index (χ1v) is 4.42. The van der Waals surface area contributed by atoms with Crippen LogP contribution in [0.2, 0.25) is 0 Å². The van der Waals surface area contributed by atoms with Crippen LogP contribution in [0.15, 0.2) is 0 Å². The van der Waals surface area contributed by atoms with Crippen molar-refractivity contribution in [2.75, 3.05) is 13.7 Å². The molecule has 0 aromatic heterocycles. The van der Waals surface area contributed by atoms with Crippen molar-refractivity contribution in [2.24, 2.45) is 0 Å². The fourth-order valence-electron chi connectivity index (χ4n) is 0.762. The highest BCUT2D eigenvalue weighted by Crippen LogP contribution is 2.00. The van der Waals surface area contributed by atoms with E-state index in [1.165, 1.54) is 14.0 Å². The summed E-state index contributed by atoms with van der Waals surface area (Å²) in [5, 5.41) is 0. The lowest BCUT2D eigenvalue weighted by Gasteiger charge is -2.14. The molecular formula is C10H14O5. The van der Waals surface area contributed by atoms with Gasteiger partial charge in [-0.25, -0.2) is 4.79 Å². The molecule has 0 rings (SSSR count). The van der Waals surface area contributed by atoms with Gasteiger partial charge in [0, 0.05) is 13.3 Å². The molecule has 1 unspecified atom stereocenters. The topological polar surface area (TPSA) is 61.8 Å². The van der Waals surface area contributed by atoms with Crippen molar-refractivity contribution >= 4 is 11.9 Å². The standard InChI is InChI=1S/C10H14O5/c1-4-5-6-7-14-10(9(12)13-3)15-8(2)11/h1,10H,5-7H2,2-3H3. The molecule has 0 saturated heterocycles. The zero-order valence-corrected chi connectivity index (χ0v) is 8.82. The Morgan fingerprint density at radius 2 is 2.13 bits per heavy atom. The summed E-state index contributed by atoms with van der Waals surface area (Å²) in [6.07, 6.45) is 4.85. The number of hydrogen-bond acceptors (Lipinski definition) is 5. The lowest BCUT2D eigenvalue weighted by atomic mass is 10.3. The highest BCUT2D eigenvalue weighted by molar-refractivity contribution is 5.77. The monoisotopic (exact) mass is 214 g/mol. The first-order valence-electron chi connectivity index (χ1n) is 4.42. The third-order valence-electron chi connectivity index (χ3n) is 1.40. The maximum Gasteiger partial charge on any atom is 0.376 e. The van der Waals surface area contributed by atoms with E-state index in [2.05, 4.69) is 15.4 Å². The average Bonchev–Trinajstić information content (AvgIpc) is 2.21. The summed E-state index contributed by atoms with van der Waals surface area (Å²) in [4.78, 5) is 21.7. The highest BCUT2D eigenvalue weighted by Gasteiger charge is 2.22. The maximum atomic E-state index is 11.0. The van der Waals surface area contributed by atoms with Gasteiger partial charge in [0.2, 0.25) is 0 Å². The Morgan fingerprint density at radius 3 is 2.60 bits per heavy atom. The van der Waals surface area contributed by atoms with E-state index in [-0.39, 0.29) is 6.61 Å². The van der Waals surface area contributed by atoms with Crippen LogP contribution in [-0.2, 0) is 23.8 Å². The van der Waals surface area contributed by atoms with Crippen LogP contribution in [0, 0.1) is 12.3 Å². The first kappa shape index (κ1) is 13.5. The summed E-state index contributed by atoms with van der Waals surface area (Å²) < 4.78 is 14.0. The fraction of sp³-hybridized carbons (Fsp3) is 0.600. The normalized spacial score (nSPS) is 11.3. The second kappa shape index (κ2) is 7.83. The summed E-state index contributed by atoms with van der Waals surface area (Å²) in [6, 6.07) is 0. The molecule has 0 bridgehead atoms. The third-order valence-corrected chi connectivity index (χ3v) is 1.40. The number of carbonyl (C=O) groups is 2. The quantitative estimate of drug-likeness (QED) is 0.278. The van der Waals surface area contributed by atoms with E-state index >= 15 is 0 Å². The van der Waals surface area contributed by atoms with Crippen molar-refractivity contribution in [2.45, 2.75) is 26.1 Å². The molecule has 0 spiro atoms. The Bertz CT molecular complexity index is 253. The highest BCUT2D eigenvalue weighted by atomic mass is 16.7. The van der Waals surface area contributed by atoms with Crippen LogP contribution in [0.5, 0.6) is 0 Å². The predicted octanol–water partition coefficient (Wildman–Crippen LogP) is 0.479. The Kier molecular flexibility index (Phi) is 7.02. The largest absolute Gasteiger partial charge is 0.464 e. The van der Waals surface area contributed by atoms with E-state index in [1.807, 2.05) is 0 Å². The number of methoxy groups -OCH3 is 1. The van der Waals surface area contributed by atoms with Crippen LogP contribution in [0.4, 0.5) is 0 Å². The van der Waals surface area contributed by atoms with E-state index in [0.29, 0.717) is 12.8 Å². The molecule has 0 amide bonds. The van der Waals surface area contributed by atoms with E-state index in [0.717, 1.165) is 0 Å². The second-order valence-electron chi connectivity index (χ2n) is 2.64. The molecule has 0 heterocycles. The molecule has 1 atom stereocenters. The van der Waals surface area contributed by atoms with Gasteiger partial charge in [0.15, 0.2) is 0 Å². The SMILES string of the molecule is C#CCCCOC(OC(C)=O)C(=O)OC. The van der Waals surface area contributed by atoms with Crippen LogP contribution in [0.3, 0.4) is 0 Å². The zero-order valence-electron chi connectivity index (χ0n) is 8.82. The Hall–Kier alpha value is -1.54. The molecule has 0 aromatic carbocycles. The van der Waals surface area contributed by atoms with Crippen LogP contribution in [0.1, 0.15) is 19.8 Å². The van der Waals surface area contributed by atoms with Crippen molar-refractivity contribution in [3.05, 3.63) is 0 Å². The molecule has 0 fully saturated rings. The minimum absolute atomic E-state index is 0.233. The molecule has 0 saturated carbocycles. The molecule has 0 aromatic rings. The Morgan fingerprint density at radius 1 is 1.47 bits per heavy atom. The number of carbonyl (C=O) groups excluding carboxylic acids is 2. The van der Waals surface area contributed by atoms with Gasteiger partial charge < -0.3 is 14.2 Å². The third kappa shape index (κ3) is 6.52. The summed E-state index contributed by atoms with van der Waals surface area (Å²) in [6.45, 7) is 1.41. The van der Waals surface area contributed by atoms with Gasteiger partial charge in [-0.3, -0.25) is 4.79 Å². The lowest BCUT2D eigenvalue weighted by molar-refractivity contribution is -0.197. The minimum Gasteiger partial charge on any atom is -0.464 e. The molecule has 5 heteroatoms. The van der Waals surface area contributed by atoms with Crippen molar-refractivity contribution < 1.29 is 23.8 Å². The number of terminal acetylenes is 1. The lowest BCUT2D eigenvalue weighted by Crippen LogP contribution is -2.30. The zero-order chi connectivity index (χ0) is 11.7. The Balaban J connectivity index is 3.97. The minimum atomic E-state index is -1.30. The van der Waals surface area contributed by atoms with Crippen LogP contribution >= 0.6 is 0 Å². The molecule has 15 heavy (non-hydrogen) atoms. The number of ether oxygens (including phenoxy) is 3. The van der Waals surface area contributed by atoms with Gasteiger partial charge in [0.05, 0.1) is 13.7 Å². The summed E-state index contributed by atoms with van der Waals surface area (Å²) in [5.41, 5.74) is 0. The van der Waals surface area contributed by atoms with Crippen LogP contribution in [0.25, 0.3) is 0 Å². The van der Waals surface area contributed by atoms with Crippen molar-refractivity contribution in [1.82, 2.24) is 0 Å². The van der Waals surface area contributed by atoms with Gasteiger partial charge in [-0.1, -0.05) is 0 Å². The summed E-state index contributed by atoms with van der Waals surface area (Å²) >= 11 is 0. The molecular weight excluding hydrogens is 200 g/mol. The smallest absolute Gasteiger partial charge is 0.376 e. The molecule has 0 aliphatic carbocycles. The number of esters is 2. The number of unbranched alkanes of at least 4 members (excludes halogenated alkanes) is 1. The predicted molar refractivity (Wildman–Crippen MR) is 51.6 cm³/mol. The van der Waals surface area contributed by atoms with Gasteiger partial charge in [-0.15, -0.1) is 12.3 Å². The van der Waals surface area contributed by atoms with E-state index in [9.17, 15) is 9.59 Å². The van der Waals surface area contributed by atoms with Crippen LogP contribution < -0.4 is 0 Å². The van der Waals surface area contributed by atoms with E-state index < -0.39 is 18.2 Å². The van der Waals surface area contributed by atoms with Gasteiger partial charge in [0.25, 0.3) is 0 Å². The van der Waals surface area contributed by atoms with Crippen molar-refractivity contribution in [3.8, 4) is 12.3 Å². The number of hydrogen-bond donors (Lipinski definition) is 0. The van der Waals surface area contributed by atoms with Gasteiger partial charge in [-0.2, -0.15) is 0 Å². The molecule has 0 aliphatic rings. The van der Waals surface area contributed by atoms with Gasteiger partial charge in [0.1, 0.15) is 0 Å². The molecule has 0 radical (unpaired) electrons. The van der Waals surface area contributed by atoms with E-state index in [4.69, 9.17) is 11.2 Å². The molecule has 0 N–H and O–H groups in total. The maximum absolute atomic E-state index is 11.0. The van der Waals surface area contributed by atoms with Gasteiger partial charge in [-0.05, 0) is 6.42 Å². The fourth-order valence-corrected chi connectivity index (χ4v) is 0.762. The molecule has 84 valence electrons. The molecule has 5 nitrogen and oxygen atoms in total. The Labute approximate surface area is 88.7 Å². The van der Waals surface area contributed by atoms with Gasteiger partial charge >= 0.3 is 18.2 Å². The van der Waals surface area contributed by atoms with Crippen molar-refractivity contribution in [3.63, 3.8) is 0 Å². The second-order valence-corrected chi connectivity index (χ2v) is 2.64. The summed E-state index contributed by atoms with van der Waals surface area (Å²) in [7, 11) is 1.18.